The van der Waals surface area contributed by atoms with Crippen LogP contribution in [0.5, 0.6) is 0 Å². The van der Waals surface area contributed by atoms with E-state index in [1.165, 1.54) is 5.56 Å². The van der Waals surface area contributed by atoms with Gasteiger partial charge in [0.15, 0.2) is 0 Å². The number of aromatic nitrogens is 2. The van der Waals surface area contributed by atoms with Gasteiger partial charge < -0.3 is 14.7 Å². The predicted octanol–water partition coefficient (Wildman–Crippen LogP) is 2.69. The van der Waals surface area contributed by atoms with E-state index in [1.54, 1.807) is 18.6 Å². The number of rotatable bonds is 5. The Bertz CT molecular complexity index is 895. The van der Waals surface area contributed by atoms with Crippen LogP contribution in [0.3, 0.4) is 0 Å². The average molecular weight is 408 g/mol. The third kappa shape index (κ3) is 4.01. The van der Waals surface area contributed by atoms with Gasteiger partial charge in [-0.1, -0.05) is 32.0 Å². The molecular formula is C23H29N5O2. The summed E-state index contributed by atoms with van der Waals surface area (Å²) in [6, 6.07) is 8.09. The normalized spacial score (nSPS) is 20.5. The van der Waals surface area contributed by atoms with Crippen molar-refractivity contribution in [3.8, 4) is 0 Å². The number of para-hydroxylation sites is 1. The van der Waals surface area contributed by atoms with E-state index in [4.69, 9.17) is 0 Å². The van der Waals surface area contributed by atoms with Gasteiger partial charge in [0.2, 0.25) is 11.8 Å². The zero-order chi connectivity index (χ0) is 21.1. The molecule has 0 bridgehead atoms. The summed E-state index contributed by atoms with van der Waals surface area (Å²) in [6.45, 7) is 7.54. The molecule has 4 rings (SSSR count). The molecule has 0 radical (unpaired) electrons. The van der Waals surface area contributed by atoms with Crippen molar-refractivity contribution in [2.24, 2.45) is 5.92 Å². The standard InChI is InChI=1S/C23H29N5O2/c1-3-17(2)19-6-4-5-7-20(19)28-16-18(14-22(28)29)23(30)27-12-10-26(11-13-27)21-15-24-8-9-25-21/h4-9,15,17-18H,3,10-14,16H2,1-2H3. The molecule has 1 aromatic heterocycles. The second-order valence-electron chi connectivity index (χ2n) is 8.15. The van der Waals surface area contributed by atoms with Crippen molar-refractivity contribution in [3.05, 3.63) is 48.4 Å². The van der Waals surface area contributed by atoms with Crippen LogP contribution in [-0.2, 0) is 9.59 Å². The fourth-order valence-corrected chi connectivity index (χ4v) is 4.34. The predicted molar refractivity (Wildman–Crippen MR) is 116 cm³/mol. The minimum Gasteiger partial charge on any atom is -0.352 e. The van der Waals surface area contributed by atoms with Crippen LogP contribution in [0.1, 0.15) is 38.2 Å². The zero-order valence-electron chi connectivity index (χ0n) is 17.7. The molecular weight excluding hydrogens is 378 g/mol. The van der Waals surface area contributed by atoms with Gasteiger partial charge in [0.1, 0.15) is 5.82 Å². The summed E-state index contributed by atoms with van der Waals surface area (Å²) in [5.74, 6) is 1.07. The Balaban J connectivity index is 1.41. The first-order valence-electron chi connectivity index (χ1n) is 10.8. The maximum absolute atomic E-state index is 13.1. The highest BCUT2D eigenvalue weighted by Gasteiger charge is 2.38. The number of amides is 2. The van der Waals surface area contributed by atoms with Crippen LogP contribution in [0.2, 0.25) is 0 Å². The molecule has 0 aliphatic carbocycles. The van der Waals surface area contributed by atoms with E-state index in [9.17, 15) is 9.59 Å². The van der Waals surface area contributed by atoms with E-state index in [2.05, 4.69) is 34.8 Å². The van der Waals surface area contributed by atoms with Crippen molar-refractivity contribution in [3.63, 3.8) is 0 Å². The average Bonchev–Trinajstić information content (AvgIpc) is 3.20. The maximum atomic E-state index is 13.1. The third-order valence-corrected chi connectivity index (χ3v) is 6.31. The monoisotopic (exact) mass is 407 g/mol. The van der Waals surface area contributed by atoms with Gasteiger partial charge in [-0.3, -0.25) is 14.6 Å². The highest BCUT2D eigenvalue weighted by molar-refractivity contribution is 6.01. The lowest BCUT2D eigenvalue weighted by atomic mass is 9.96. The first kappa shape index (κ1) is 20.3. The van der Waals surface area contributed by atoms with Crippen molar-refractivity contribution in [1.29, 1.82) is 0 Å². The molecule has 0 saturated carbocycles. The van der Waals surface area contributed by atoms with Crippen LogP contribution in [-0.4, -0.2) is 59.4 Å². The lowest BCUT2D eigenvalue weighted by Gasteiger charge is -2.36. The quantitative estimate of drug-likeness (QED) is 0.762. The molecule has 2 unspecified atom stereocenters. The summed E-state index contributed by atoms with van der Waals surface area (Å²) in [4.78, 5) is 40.3. The Hall–Kier alpha value is -2.96. The van der Waals surface area contributed by atoms with Gasteiger partial charge in [-0.2, -0.15) is 0 Å². The molecule has 30 heavy (non-hydrogen) atoms. The molecule has 3 heterocycles. The number of hydrogen-bond donors (Lipinski definition) is 0. The van der Waals surface area contributed by atoms with Gasteiger partial charge in [-0.25, -0.2) is 4.98 Å². The van der Waals surface area contributed by atoms with Crippen LogP contribution in [0, 0.1) is 5.92 Å². The minimum atomic E-state index is -0.273. The molecule has 158 valence electrons. The molecule has 7 nitrogen and oxygen atoms in total. The number of carbonyl (C=O) groups excluding carboxylic acids is 2. The first-order chi connectivity index (χ1) is 14.6. The number of hydrogen-bond acceptors (Lipinski definition) is 5. The molecule has 2 saturated heterocycles. The SMILES string of the molecule is CCC(C)c1ccccc1N1CC(C(=O)N2CCN(c3cnccn3)CC2)CC1=O. The van der Waals surface area contributed by atoms with Crippen molar-refractivity contribution >= 4 is 23.3 Å². The summed E-state index contributed by atoms with van der Waals surface area (Å²) in [6.07, 6.45) is 6.39. The van der Waals surface area contributed by atoms with Crippen molar-refractivity contribution in [2.45, 2.75) is 32.6 Å². The van der Waals surface area contributed by atoms with E-state index in [0.29, 0.717) is 25.6 Å². The fraction of sp³-hybridized carbons (Fsp3) is 0.478. The second kappa shape index (κ2) is 8.81. The number of carbonyl (C=O) groups is 2. The summed E-state index contributed by atoms with van der Waals surface area (Å²) >= 11 is 0. The van der Waals surface area contributed by atoms with Crippen molar-refractivity contribution in [2.75, 3.05) is 42.5 Å². The highest BCUT2D eigenvalue weighted by atomic mass is 16.2. The summed E-state index contributed by atoms with van der Waals surface area (Å²) in [5, 5.41) is 0. The Morgan fingerprint density at radius 2 is 1.93 bits per heavy atom. The molecule has 7 heteroatoms. The number of nitrogens with zero attached hydrogens (tertiary/aromatic N) is 5. The lowest BCUT2D eigenvalue weighted by Crippen LogP contribution is -2.51. The smallest absolute Gasteiger partial charge is 0.228 e. The van der Waals surface area contributed by atoms with Gasteiger partial charge in [-0.05, 0) is 24.0 Å². The summed E-state index contributed by atoms with van der Waals surface area (Å²) in [5.41, 5.74) is 2.14. The van der Waals surface area contributed by atoms with E-state index in [0.717, 1.165) is 31.0 Å². The first-order valence-corrected chi connectivity index (χ1v) is 10.8. The topological polar surface area (TPSA) is 69.6 Å². The molecule has 2 atom stereocenters. The Kier molecular flexibility index (Phi) is 5.97. The fourth-order valence-electron chi connectivity index (χ4n) is 4.34. The number of piperazine rings is 1. The zero-order valence-corrected chi connectivity index (χ0v) is 17.7. The lowest BCUT2D eigenvalue weighted by molar-refractivity contribution is -0.136. The molecule has 2 aromatic rings. The van der Waals surface area contributed by atoms with Crippen molar-refractivity contribution < 1.29 is 9.59 Å². The molecule has 2 fully saturated rings. The molecule has 1 aromatic carbocycles. The van der Waals surface area contributed by atoms with Crippen LogP contribution >= 0.6 is 0 Å². The van der Waals surface area contributed by atoms with E-state index in [1.807, 2.05) is 28.0 Å². The van der Waals surface area contributed by atoms with E-state index < -0.39 is 0 Å². The van der Waals surface area contributed by atoms with E-state index >= 15 is 0 Å². The molecule has 2 amide bonds. The number of anilines is 2. The maximum Gasteiger partial charge on any atom is 0.228 e. The third-order valence-electron chi connectivity index (χ3n) is 6.31. The van der Waals surface area contributed by atoms with Crippen LogP contribution in [0.4, 0.5) is 11.5 Å². The molecule has 0 N–H and O–H groups in total. The molecule has 0 spiro atoms. The largest absolute Gasteiger partial charge is 0.352 e. The Morgan fingerprint density at radius 1 is 1.17 bits per heavy atom. The highest BCUT2D eigenvalue weighted by Crippen LogP contribution is 2.34. The summed E-state index contributed by atoms with van der Waals surface area (Å²) in [7, 11) is 0. The van der Waals surface area contributed by atoms with Gasteiger partial charge in [0.25, 0.3) is 0 Å². The Labute approximate surface area is 177 Å². The second-order valence-corrected chi connectivity index (χ2v) is 8.15. The van der Waals surface area contributed by atoms with Crippen LogP contribution < -0.4 is 9.80 Å². The van der Waals surface area contributed by atoms with E-state index in [-0.39, 0.29) is 24.2 Å². The van der Waals surface area contributed by atoms with Crippen LogP contribution in [0.25, 0.3) is 0 Å². The van der Waals surface area contributed by atoms with Gasteiger partial charge in [-0.15, -0.1) is 0 Å². The van der Waals surface area contributed by atoms with Gasteiger partial charge in [0, 0.05) is 57.2 Å². The Morgan fingerprint density at radius 3 is 2.63 bits per heavy atom. The summed E-state index contributed by atoms with van der Waals surface area (Å²) < 4.78 is 0. The van der Waals surface area contributed by atoms with Crippen molar-refractivity contribution in [1.82, 2.24) is 14.9 Å². The van der Waals surface area contributed by atoms with Crippen LogP contribution in [0.15, 0.2) is 42.9 Å². The number of benzene rings is 1. The minimum absolute atomic E-state index is 0.0438. The molecule has 2 aliphatic heterocycles. The van der Waals surface area contributed by atoms with Gasteiger partial charge in [0.05, 0.1) is 12.1 Å². The van der Waals surface area contributed by atoms with Gasteiger partial charge >= 0.3 is 0 Å². The molecule has 2 aliphatic rings.